The molecule has 1 aromatic rings. The van der Waals surface area contributed by atoms with Gasteiger partial charge in [-0.05, 0) is 37.6 Å². The van der Waals surface area contributed by atoms with E-state index in [-0.39, 0.29) is 24.5 Å². The average molecular weight is 272 g/mol. The first-order chi connectivity index (χ1) is 8.99. The number of carbonyl (C=O) groups is 1. The fraction of sp³-hybridized carbons (Fsp3) is 0.308. The summed E-state index contributed by atoms with van der Waals surface area (Å²) in [5.41, 5.74) is 0.0457. The molecule has 0 aliphatic rings. The van der Waals surface area contributed by atoms with Gasteiger partial charge in [0.25, 0.3) is 0 Å². The van der Waals surface area contributed by atoms with E-state index < -0.39 is 23.4 Å². The van der Waals surface area contributed by atoms with Crippen molar-refractivity contribution in [3.63, 3.8) is 0 Å². The average Bonchev–Trinajstić information content (AvgIpc) is 2.35. The molecule has 0 heterocycles. The molecule has 0 aromatic heterocycles. The highest BCUT2D eigenvalue weighted by molar-refractivity contribution is 5.91. The Hall–Kier alpha value is -2.11. The monoisotopic (exact) mass is 272 g/mol. The predicted octanol–water partition coefficient (Wildman–Crippen LogP) is 2.61. The third kappa shape index (κ3) is 3.94. The number of carbonyl (C=O) groups excluding carboxylic acids is 1. The van der Waals surface area contributed by atoms with Crippen molar-refractivity contribution < 1.29 is 28.2 Å². The summed E-state index contributed by atoms with van der Waals surface area (Å²) in [4.78, 5) is 11.5. The van der Waals surface area contributed by atoms with Crippen LogP contribution in [0.3, 0.4) is 0 Å². The lowest BCUT2D eigenvalue weighted by Crippen LogP contribution is -2.10. The summed E-state index contributed by atoms with van der Waals surface area (Å²) in [6.07, 6.45) is 1.15. The fourth-order valence-corrected chi connectivity index (χ4v) is 1.34. The zero-order valence-corrected chi connectivity index (χ0v) is 10.6. The van der Waals surface area contributed by atoms with Crippen molar-refractivity contribution in [2.45, 2.75) is 13.8 Å². The number of benzene rings is 1. The number of halogens is 2. The molecule has 0 atom stereocenters. The van der Waals surface area contributed by atoms with E-state index in [9.17, 15) is 13.6 Å². The van der Waals surface area contributed by atoms with Gasteiger partial charge in [-0.25, -0.2) is 13.6 Å². The summed E-state index contributed by atoms with van der Waals surface area (Å²) < 4.78 is 36.1. The Morgan fingerprint density at radius 2 is 1.74 bits per heavy atom. The van der Waals surface area contributed by atoms with Gasteiger partial charge in [-0.3, -0.25) is 0 Å². The molecule has 0 aliphatic carbocycles. The Morgan fingerprint density at radius 1 is 1.21 bits per heavy atom. The van der Waals surface area contributed by atoms with Crippen molar-refractivity contribution in [2.75, 3.05) is 13.2 Å². The molecule has 4 nitrogen and oxygen atoms in total. The maximum Gasteiger partial charge on any atom is 0.373 e. The molecule has 1 rings (SSSR count). The molecule has 0 saturated heterocycles. The van der Waals surface area contributed by atoms with Crippen molar-refractivity contribution in [2.24, 2.45) is 0 Å². The van der Waals surface area contributed by atoms with Gasteiger partial charge in [-0.2, -0.15) is 0 Å². The lowest BCUT2D eigenvalue weighted by Gasteiger charge is -2.08. The molecule has 6 heteroatoms. The van der Waals surface area contributed by atoms with Gasteiger partial charge in [0.05, 0.1) is 13.2 Å². The van der Waals surface area contributed by atoms with E-state index in [0.717, 1.165) is 18.2 Å². The summed E-state index contributed by atoms with van der Waals surface area (Å²) in [6, 6.07) is 1.77. The van der Waals surface area contributed by atoms with Crippen molar-refractivity contribution in [3.8, 4) is 5.75 Å². The van der Waals surface area contributed by atoms with Gasteiger partial charge < -0.3 is 14.6 Å². The molecule has 0 radical (unpaired) electrons. The highest BCUT2D eigenvalue weighted by atomic mass is 19.1. The summed E-state index contributed by atoms with van der Waals surface area (Å²) in [6.45, 7) is 3.64. The summed E-state index contributed by atoms with van der Waals surface area (Å²) in [5, 5.41) is 8.97. The smallest absolute Gasteiger partial charge is 0.373 e. The zero-order valence-electron chi connectivity index (χ0n) is 10.6. The topological polar surface area (TPSA) is 55.8 Å². The third-order valence-corrected chi connectivity index (χ3v) is 2.11. The normalized spacial score (nSPS) is 11.3. The maximum absolute atomic E-state index is 13.1. The minimum absolute atomic E-state index is 0.0457. The second kappa shape index (κ2) is 6.72. The number of esters is 1. The zero-order chi connectivity index (χ0) is 14.4. The van der Waals surface area contributed by atoms with Crippen LogP contribution in [0.15, 0.2) is 17.9 Å². The molecule has 1 N–H and O–H groups in total. The summed E-state index contributed by atoms with van der Waals surface area (Å²) >= 11 is 0. The molecule has 0 fully saturated rings. The van der Waals surface area contributed by atoms with Gasteiger partial charge in [-0.1, -0.05) is 0 Å². The van der Waals surface area contributed by atoms with E-state index in [2.05, 4.69) is 0 Å². The Morgan fingerprint density at radius 3 is 2.21 bits per heavy atom. The second-order valence-corrected chi connectivity index (χ2v) is 3.50. The van der Waals surface area contributed by atoms with Crippen LogP contribution in [0.1, 0.15) is 19.4 Å². The Bertz CT molecular complexity index is 474. The Balaban J connectivity index is 3.11. The number of hydrogen-bond donors (Lipinski definition) is 1. The van der Waals surface area contributed by atoms with Crippen LogP contribution in [-0.2, 0) is 14.3 Å². The minimum Gasteiger partial charge on any atom is -0.503 e. The molecular weight excluding hydrogens is 258 g/mol. The first-order valence-corrected chi connectivity index (χ1v) is 5.69. The molecule has 0 spiro atoms. The van der Waals surface area contributed by atoms with Crippen molar-refractivity contribution in [3.05, 3.63) is 35.1 Å². The first kappa shape index (κ1) is 14.9. The molecule has 0 unspecified atom stereocenters. The predicted molar refractivity (Wildman–Crippen MR) is 64.3 cm³/mol. The largest absolute Gasteiger partial charge is 0.503 e. The van der Waals surface area contributed by atoms with E-state index in [4.69, 9.17) is 14.6 Å². The highest BCUT2D eigenvalue weighted by Crippen LogP contribution is 2.23. The van der Waals surface area contributed by atoms with Crippen molar-refractivity contribution in [1.82, 2.24) is 0 Å². The van der Waals surface area contributed by atoms with Crippen molar-refractivity contribution in [1.29, 1.82) is 0 Å². The van der Waals surface area contributed by atoms with Crippen molar-refractivity contribution >= 4 is 12.0 Å². The molecule has 104 valence electrons. The van der Waals surface area contributed by atoms with Gasteiger partial charge in [0.2, 0.25) is 5.76 Å². The lowest BCUT2D eigenvalue weighted by atomic mass is 10.1. The molecular formula is C13H14F2O4. The summed E-state index contributed by atoms with van der Waals surface area (Å²) in [5.74, 6) is -4.18. The van der Waals surface area contributed by atoms with Crippen LogP contribution in [0.25, 0.3) is 6.08 Å². The molecule has 0 amide bonds. The maximum atomic E-state index is 13.1. The third-order valence-electron chi connectivity index (χ3n) is 2.11. The number of ether oxygens (including phenoxy) is 2. The molecule has 0 aliphatic heterocycles. The fourth-order valence-electron chi connectivity index (χ4n) is 1.34. The molecule has 19 heavy (non-hydrogen) atoms. The minimum atomic E-state index is -1.12. The summed E-state index contributed by atoms with van der Waals surface area (Å²) in [7, 11) is 0. The standard InChI is InChI=1S/C13H14F2O4/c1-3-18-11(13(17)19-4-2)7-8-5-9(14)12(16)10(15)6-8/h5-7,16H,3-4H2,1-2H3. The molecule has 0 saturated carbocycles. The number of phenolic OH excluding ortho intramolecular Hbond substituents is 1. The van der Waals surface area contributed by atoms with Crippen LogP contribution >= 0.6 is 0 Å². The SMILES string of the molecule is CCOC(=O)C(=Cc1cc(F)c(O)c(F)c1)OCC. The quantitative estimate of drug-likeness (QED) is 0.508. The van der Waals surface area contributed by atoms with Crippen LogP contribution in [-0.4, -0.2) is 24.3 Å². The van der Waals surface area contributed by atoms with E-state index in [1.807, 2.05) is 0 Å². The lowest BCUT2D eigenvalue weighted by molar-refractivity contribution is -0.142. The molecule has 1 aromatic carbocycles. The van der Waals surface area contributed by atoms with Gasteiger partial charge in [-0.15, -0.1) is 0 Å². The number of rotatable bonds is 5. The van der Waals surface area contributed by atoms with Crippen LogP contribution in [0.5, 0.6) is 5.75 Å². The van der Waals surface area contributed by atoms with Gasteiger partial charge >= 0.3 is 5.97 Å². The van der Waals surface area contributed by atoms with Gasteiger partial charge in [0.15, 0.2) is 17.4 Å². The van der Waals surface area contributed by atoms with E-state index in [1.165, 1.54) is 0 Å². The first-order valence-electron chi connectivity index (χ1n) is 5.69. The van der Waals surface area contributed by atoms with Crippen LogP contribution in [0, 0.1) is 11.6 Å². The van der Waals surface area contributed by atoms with Crippen LogP contribution in [0.4, 0.5) is 8.78 Å². The van der Waals surface area contributed by atoms with E-state index in [1.54, 1.807) is 13.8 Å². The number of phenols is 1. The Kier molecular flexibility index (Phi) is 5.29. The number of aromatic hydroxyl groups is 1. The van der Waals surface area contributed by atoms with Crippen LogP contribution < -0.4 is 0 Å². The van der Waals surface area contributed by atoms with Gasteiger partial charge in [0.1, 0.15) is 0 Å². The van der Waals surface area contributed by atoms with Gasteiger partial charge in [0, 0.05) is 0 Å². The molecule has 0 bridgehead atoms. The highest BCUT2D eigenvalue weighted by Gasteiger charge is 2.14. The van der Waals surface area contributed by atoms with E-state index in [0.29, 0.717) is 0 Å². The Labute approximate surface area is 109 Å². The second-order valence-electron chi connectivity index (χ2n) is 3.50. The number of hydrogen-bond acceptors (Lipinski definition) is 4. The van der Waals surface area contributed by atoms with E-state index >= 15 is 0 Å². The van der Waals surface area contributed by atoms with Crippen LogP contribution in [0.2, 0.25) is 0 Å².